The average Bonchev–Trinajstić information content (AvgIpc) is 2.29. The Morgan fingerprint density at radius 2 is 2.12 bits per heavy atom. The van der Waals surface area contributed by atoms with E-state index in [0.29, 0.717) is 17.3 Å². The van der Waals surface area contributed by atoms with Gasteiger partial charge in [-0.1, -0.05) is 11.6 Å². The van der Waals surface area contributed by atoms with Gasteiger partial charge in [-0.15, -0.1) is 0 Å². The van der Waals surface area contributed by atoms with E-state index in [4.69, 9.17) is 22.1 Å². The zero-order valence-electron chi connectivity index (χ0n) is 9.08. The first kappa shape index (κ1) is 11.7. The Bertz CT molecular complexity index is 511. The largest absolute Gasteiger partial charge is 0.439 e. The third kappa shape index (κ3) is 2.65. The molecule has 0 saturated heterocycles. The predicted octanol–water partition coefficient (Wildman–Crippen LogP) is 3.56. The van der Waals surface area contributed by atoms with Crippen molar-refractivity contribution >= 4 is 17.3 Å². The first-order valence-corrected chi connectivity index (χ1v) is 5.29. The molecule has 0 unspecified atom stereocenters. The van der Waals surface area contributed by atoms with Gasteiger partial charge in [-0.25, -0.2) is 9.37 Å². The Balaban J connectivity index is 2.25. The molecule has 17 heavy (non-hydrogen) atoms. The number of aryl methyl sites for hydroxylation is 1. The summed E-state index contributed by atoms with van der Waals surface area (Å²) >= 11 is 5.64. The number of hydrogen-bond acceptors (Lipinski definition) is 3. The molecule has 2 rings (SSSR count). The van der Waals surface area contributed by atoms with Crippen molar-refractivity contribution in [1.29, 1.82) is 0 Å². The number of nitrogen functional groups attached to an aromatic ring is 1. The van der Waals surface area contributed by atoms with Gasteiger partial charge in [0.25, 0.3) is 0 Å². The zero-order chi connectivity index (χ0) is 12.4. The van der Waals surface area contributed by atoms with E-state index in [1.807, 2.05) is 6.92 Å². The minimum absolute atomic E-state index is 0.00895. The Labute approximate surface area is 103 Å². The molecular weight excluding hydrogens is 243 g/mol. The van der Waals surface area contributed by atoms with Gasteiger partial charge in [0.15, 0.2) is 0 Å². The van der Waals surface area contributed by atoms with Gasteiger partial charge in [-0.2, -0.15) is 0 Å². The van der Waals surface area contributed by atoms with Crippen LogP contribution in [-0.2, 0) is 0 Å². The van der Waals surface area contributed by atoms with E-state index in [-0.39, 0.29) is 5.02 Å². The molecule has 0 aliphatic carbocycles. The predicted molar refractivity (Wildman–Crippen MR) is 64.9 cm³/mol. The number of aromatic nitrogens is 1. The van der Waals surface area contributed by atoms with Crippen LogP contribution in [0.3, 0.4) is 0 Å². The standard InChI is InChI=1S/C12H10ClFN2O/c1-7-4-12(16-6-11(7)15)17-8-2-3-10(14)9(13)5-8/h2-6H,15H2,1H3. The van der Waals surface area contributed by atoms with Crippen LogP contribution in [0.25, 0.3) is 0 Å². The summed E-state index contributed by atoms with van der Waals surface area (Å²) in [5.74, 6) is 0.327. The van der Waals surface area contributed by atoms with Crippen molar-refractivity contribution in [2.24, 2.45) is 0 Å². The molecule has 3 nitrogen and oxygen atoms in total. The maximum Gasteiger partial charge on any atom is 0.219 e. The van der Waals surface area contributed by atoms with Gasteiger partial charge in [-0.05, 0) is 24.6 Å². The summed E-state index contributed by atoms with van der Waals surface area (Å²) in [5.41, 5.74) is 7.09. The van der Waals surface area contributed by atoms with E-state index in [9.17, 15) is 4.39 Å². The fraction of sp³-hybridized carbons (Fsp3) is 0.0833. The van der Waals surface area contributed by atoms with Crippen LogP contribution in [0.5, 0.6) is 11.6 Å². The third-order valence-electron chi connectivity index (χ3n) is 2.24. The van der Waals surface area contributed by atoms with Crippen LogP contribution in [-0.4, -0.2) is 4.98 Å². The Morgan fingerprint density at radius 3 is 2.76 bits per heavy atom. The molecule has 88 valence electrons. The molecule has 0 saturated carbocycles. The van der Waals surface area contributed by atoms with E-state index >= 15 is 0 Å². The molecule has 0 aliphatic rings. The van der Waals surface area contributed by atoms with Gasteiger partial charge in [0.05, 0.1) is 16.9 Å². The number of hydrogen-bond donors (Lipinski definition) is 1. The maximum absolute atomic E-state index is 12.9. The Hall–Kier alpha value is -1.81. The second-order valence-corrected chi connectivity index (χ2v) is 3.96. The normalized spacial score (nSPS) is 10.3. The van der Waals surface area contributed by atoms with Gasteiger partial charge in [0, 0.05) is 12.1 Å². The lowest BCUT2D eigenvalue weighted by molar-refractivity contribution is 0.461. The molecule has 0 atom stereocenters. The highest BCUT2D eigenvalue weighted by atomic mass is 35.5. The number of nitrogens with zero attached hydrogens (tertiary/aromatic N) is 1. The highest BCUT2D eigenvalue weighted by Gasteiger charge is 2.04. The molecule has 0 bridgehead atoms. The lowest BCUT2D eigenvalue weighted by Crippen LogP contribution is -1.94. The quantitative estimate of drug-likeness (QED) is 0.889. The molecule has 0 radical (unpaired) electrons. The molecular formula is C12H10ClFN2O. The molecule has 1 aromatic carbocycles. The minimum Gasteiger partial charge on any atom is -0.439 e. The van der Waals surface area contributed by atoms with Crippen LogP contribution in [0.2, 0.25) is 5.02 Å². The second-order valence-electron chi connectivity index (χ2n) is 3.56. The summed E-state index contributed by atoms with van der Waals surface area (Å²) in [4.78, 5) is 4.00. The van der Waals surface area contributed by atoms with Gasteiger partial charge >= 0.3 is 0 Å². The Kier molecular flexibility index (Phi) is 3.15. The number of halogens is 2. The number of ether oxygens (including phenoxy) is 1. The van der Waals surface area contributed by atoms with Crippen molar-refractivity contribution in [1.82, 2.24) is 4.98 Å². The number of nitrogens with two attached hydrogens (primary N) is 1. The molecule has 2 aromatic rings. The zero-order valence-corrected chi connectivity index (χ0v) is 9.83. The summed E-state index contributed by atoms with van der Waals surface area (Å²) in [6, 6.07) is 5.81. The fourth-order valence-corrected chi connectivity index (χ4v) is 1.43. The van der Waals surface area contributed by atoms with E-state index in [0.717, 1.165) is 5.56 Å². The lowest BCUT2D eigenvalue weighted by atomic mass is 10.2. The molecule has 1 aromatic heterocycles. The smallest absolute Gasteiger partial charge is 0.219 e. The summed E-state index contributed by atoms with van der Waals surface area (Å²) in [6.45, 7) is 1.85. The summed E-state index contributed by atoms with van der Waals surface area (Å²) in [7, 11) is 0. The summed E-state index contributed by atoms with van der Waals surface area (Å²) in [5, 5.41) is 0.00895. The van der Waals surface area contributed by atoms with Gasteiger partial charge in [0.2, 0.25) is 5.88 Å². The van der Waals surface area contributed by atoms with Crippen LogP contribution in [0.15, 0.2) is 30.5 Å². The molecule has 1 heterocycles. The van der Waals surface area contributed by atoms with Crippen molar-refractivity contribution in [2.75, 3.05) is 5.73 Å². The van der Waals surface area contributed by atoms with Crippen molar-refractivity contribution in [3.05, 3.63) is 46.9 Å². The van der Waals surface area contributed by atoms with Crippen LogP contribution in [0.1, 0.15) is 5.56 Å². The summed E-state index contributed by atoms with van der Waals surface area (Å²) < 4.78 is 18.4. The molecule has 0 spiro atoms. The number of rotatable bonds is 2. The van der Waals surface area contributed by atoms with Crippen molar-refractivity contribution in [2.45, 2.75) is 6.92 Å². The number of benzene rings is 1. The Morgan fingerprint density at radius 1 is 1.35 bits per heavy atom. The highest BCUT2D eigenvalue weighted by molar-refractivity contribution is 6.30. The van der Waals surface area contributed by atoms with Gasteiger partial charge < -0.3 is 10.5 Å². The molecule has 2 N–H and O–H groups in total. The third-order valence-corrected chi connectivity index (χ3v) is 2.53. The topological polar surface area (TPSA) is 48.1 Å². The SMILES string of the molecule is Cc1cc(Oc2ccc(F)c(Cl)c2)ncc1N. The first-order valence-electron chi connectivity index (χ1n) is 4.91. The summed E-state index contributed by atoms with van der Waals surface area (Å²) in [6.07, 6.45) is 1.51. The van der Waals surface area contributed by atoms with Crippen LogP contribution >= 0.6 is 11.6 Å². The van der Waals surface area contributed by atoms with Crippen molar-refractivity contribution in [3.8, 4) is 11.6 Å². The lowest BCUT2D eigenvalue weighted by Gasteiger charge is -2.07. The van der Waals surface area contributed by atoms with E-state index in [1.165, 1.54) is 24.4 Å². The van der Waals surface area contributed by atoms with E-state index in [1.54, 1.807) is 6.07 Å². The molecule has 5 heteroatoms. The average molecular weight is 253 g/mol. The van der Waals surface area contributed by atoms with E-state index < -0.39 is 5.82 Å². The monoisotopic (exact) mass is 252 g/mol. The number of pyridine rings is 1. The van der Waals surface area contributed by atoms with E-state index in [2.05, 4.69) is 4.98 Å². The molecule has 0 fully saturated rings. The molecule has 0 amide bonds. The van der Waals surface area contributed by atoms with Gasteiger partial charge in [-0.3, -0.25) is 0 Å². The maximum atomic E-state index is 12.9. The van der Waals surface area contributed by atoms with Crippen LogP contribution in [0, 0.1) is 12.7 Å². The van der Waals surface area contributed by atoms with Crippen molar-refractivity contribution in [3.63, 3.8) is 0 Å². The highest BCUT2D eigenvalue weighted by Crippen LogP contribution is 2.26. The van der Waals surface area contributed by atoms with Crippen molar-refractivity contribution < 1.29 is 9.13 Å². The minimum atomic E-state index is -0.486. The van der Waals surface area contributed by atoms with Gasteiger partial charge in [0.1, 0.15) is 11.6 Å². The molecule has 0 aliphatic heterocycles. The van der Waals surface area contributed by atoms with Crippen LogP contribution < -0.4 is 10.5 Å². The number of anilines is 1. The second kappa shape index (κ2) is 4.59. The fourth-order valence-electron chi connectivity index (χ4n) is 1.26. The first-order chi connectivity index (χ1) is 8.06. The van der Waals surface area contributed by atoms with Crippen LogP contribution in [0.4, 0.5) is 10.1 Å².